The lowest BCUT2D eigenvalue weighted by Gasteiger charge is -2.26. The number of nitrogens with zero attached hydrogens (tertiary/aromatic N) is 3. The van der Waals surface area contributed by atoms with Gasteiger partial charge in [0.15, 0.2) is 5.76 Å². The molecule has 0 radical (unpaired) electrons. The largest absolute Gasteiger partial charge is 0.461 e. The van der Waals surface area contributed by atoms with Crippen LogP contribution in [0, 0.1) is 0 Å². The molecule has 0 saturated carbocycles. The first kappa shape index (κ1) is 16.6. The van der Waals surface area contributed by atoms with Crippen molar-refractivity contribution in [3.8, 4) is 11.6 Å². The van der Waals surface area contributed by atoms with Crippen molar-refractivity contribution in [2.24, 2.45) is 0 Å². The Morgan fingerprint density at radius 1 is 1.36 bits per heavy atom. The summed E-state index contributed by atoms with van der Waals surface area (Å²) in [5.74, 6) is 1.37. The average molecular weight is 380 g/mol. The molecule has 6 nitrogen and oxygen atoms in total. The molecule has 2 aromatic heterocycles. The zero-order chi connectivity index (χ0) is 17.6. The molecule has 130 valence electrons. The smallest absolute Gasteiger partial charge is 0.241 e. The summed E-state index contributed by atoms with van der Waals surface area (Å²) in [7, 11) is 1.88. The molecule has 0 fully saturated rings. The number of likely N-dealkylation sites (N-methyl/N-ethyl adjacent to an activating group) is 1. The van der Waals surface area contributed by atoms with Crippen LogP contribution in [0.25, 0.3) is 11.6 Å². The third-order valence-electron chi connectivity index (χ3n) is 4.36. The number of aliphatic hydroxyl groups is 1. The fraction of sp³-hybridized carbons (Fsp3) is 0.294. The maximum Gasteiger partial charge on any atom is 0.241 e. The molecule has 1 aromatic carbocycles. The minimum Gasteiger partial charge on any atom is -0.461 e. The Morgan fingerprint density at radius 2 is 2.20 bits per heavy atom. The second-order valence-electron chi connectivity index (χ2n) is 6.08. The highest BCUT2D eigenvalue weighted by atomic mass is 35.5. The normalized spacial score (nSPS) is 19.6. The summed E-state index contributed by atoms with van der Waals surface area (Å²) in [6, 6.07) is 6.83. The Morgan fingerprint density at radius 3 is 2.96 bits per heavy atom. The molecular weight excluding hydrogens is 365 g/mol. The van der Waals surface area contributed by atoms with Crippen molar-refractivity contribution in [2.45, 2.75) is 25.1 Å². The van der Waals surface area contributed by atoms with Gasteiger partial charge in [0.2, 0.25) is 11.7 Å². The Kier molecular flexibility index (Phi) is 4.29. The summed E-state index contributed by atoms with van der Waals surface area (Å²) in [5.41, 5.74) is 1.86. The first-order chi connectivity index (χ1) is 12.0. The zero-order valence-corrected chi connectivity index (χ0v) is 14.8. The van der Waals surface area contributed by atoms with Crippen LogP contribution in [-0.4, -0.2) is 33.3 Å². The van der Waals surface area contributed by atoms with E-state index in [4.69, 9.17) is 32.1 Å². The van der Waals surface area contributed by atoms with Crippen molar-refractivity contribution in [3.05, 3.63) is 57.6 Å². The monoisotopic (exact) mass is 379 g/mol. The number of benzene rings is 1. The SMILES string of the molecule is CN(Cc1nc(-c2ccco2)no1)[C@H]1c2cc(Cl)cc(Cl)c2C[C@H]1O. The van der Waals surface area contributed by atoms with Gasteiger partial charge < -0.3 is 14.0 Å². The molecule has 0 amide bonds. The van der Waals surface area contributed by atoms with Crippen LogP contribution >= 0.6 is 23.2 Å². The van der Waals surface area contributed by atoms with Gasteiger partial charge in [0, 0.05) is 16.5 Å². The van der Waals surface area contributed by atoms with Gasteiger partial charge in [-0.3, -0.25) is 4.90 Å². The second kappa shape index (κ2) is 6.46. The Hall–Kier alpha value is -1.86. The quantitative estimate of drug-likeness (QED) is 0.744. The molecule has 0 saturated heterocycles. The third-order valence-corrected chi connectivity index (χ3v) is 4.92. The van der Waals surface area contributed by atoms with E-state index in [1.165, 1.54) is 0 Å². The van der Waals surface area contributed by atoms with Crippen LogP contribution in [0.1, 0.15) is 23.1 Å². The lowest BCUT2D eigenvalue weighted by Crippen LogP contribution is -2.30. The van der Waals surface area contributed by atoms with E-state index in [9.17, 15) is 5.11 Å². The molecule has 25 heavy (non-hydrogen) atoms. The summed E-state index contributed by atoms with van der Waals surface area (Å²) >= 11 is 12.4. The average Bonchev–Trinajstić information content (AvgIpc) is 3.25. The fourth-order valence-electron chi connectivity index (χ4n) is 3.30. The minimum atomic E-state index is -0.580. The first-order valence-corrected chi connectivity index (χ1v) is 8.51. The van der Waals surface area contributed by atoms with Gasteiger partial charge in [0.1, 0.15) is 0 Å². The number of rotatable bonds is 4. The van der Waals surface area contributed by atoms with Crippen molar-refractivity contribution in [1.82, 2.24) is 15.0 Å². The van der Waals surface area contributed by atoms with Gasteiger partial charge in [-0.15, -0.1) is 0 Å². The number of hydrogen-bond acceptors (Lipinski definition) is 6. The Labute approximate surface area is 154 Å². The molecule has 0 aliphatic heterocycles. The highest BCUT2D eigenvalue weighted by molar-refractivity contribution is 6.35. The van der Waals surface area contributed by atoms with Crippen molar-refractivity contribution in [3.63, 3.8) is 0 Å². The van der Waals surface area contributed by atoms with Crippen molar-refractivity contribution in [1.29, 1.82) is 0 Å². The lowest BCUT2D eigenvalue weighted by molar-refractivity contribution is 0.0667. The highest BCUT2D eigenvalue weighted by Crippen LogP contribution is 2.41. The topological polar surface area (TPSA) is 75.5 Å². The molecule has 1 N–H and O–H groups in total. The maximum absolute atomic E-state index is 10.5. The third kappa shape index (κ3) is 3.06. The van der Waals surface area contributed by atoms with E-state index in [0.717, 1.165) is 11.1 Å². The summed E-state index contributed by atoms with van der Waals surface area (Å²) in [5, 5.41) is 15.6. The summed E-state index contributed by atoms with van der Waals surface area (Å²) in [4.78, 5) is 6.28. The van der Waals surface area contributed by atoms with Crippen LogP contribution in [0.5, 0.6) is 0 Å². The van der Waals surface area contributed by atoms with Crippen LogP contribution in [0.3, 0.4) is 0 Å². The molecule has 2 heterocycles. The predicted molar refractivity (Wildman–Crippen MR) is 92.4 cm³/mol. The number of hydrogen-bond donors (Lipinski definition) is 1. The van der Waals surface area contributed by atoms with Gasteiger partial charge in [0.05, 0.1) is 25.0 Å². The van der Waals surface area contributed by atoms with Crippen LogP contribution in [0.15, 0.2) is 39.5 Å². The molecule has 2 atom stereocenters. The number of fused-ring (bicyclic) bond motifs is 1. The number of aliphatic hydroxyl groups excluding tert-OH is 1. The van der Waals surface area contributed by atoms with Crippen molar-refractivity contribution in [2.75, 3.05) is 7.05 Å². The van der Waals surface area contributed by atoms with Gasteiger partial charge in [0.25, 0.3) is 0 Å². The van der Waals surface area contributed by atoms with Crippen LogP contribution in [-0.2, 0) is 13.0 Å². The van der Waals surface area contributed by atoms with Gasteiger partial charge in [-0.2, -0.15) is 4.98 Å². The number of aromatic nitrogens is 2. The second-order valence-corrected chi connectivity index (χ2v) is 6.92. The Balaban J connectivity index is 1.57. The van der Waals surface area contributed by atoms with Crippen LogP contribution in [0.4, 0.5) is 0 Å². The van der Waals surface area contributed by atoms with E-state index in [1.54, 1.807) is 24.5 Å². The molecule has 3 aromatic rings. The van der Waals surface area contributed by atoms with Crippen molar-refractivity contribution >= 4 is 23.2 Å². The van der Waals surface area contributed by atoms with Crippen molar-refractivity contribution < 1.29 is 14.0 Å². The molecular formula is C17H15Cl2N3O3. The minimum absolute atomic E-state index is 0.245. The van der Waals surface area contributed by atoms with E-state index >= 15 is 0 Å². The Bertz CT molecular complexity index is 895. The van der Waals surface area contributed by atoms with Gasteiger partial charge in [-0.25, -0.2) is 0 Å². The van der Waals surface area contributed by atoms with E-state index in [0.29, 0.717) is 40.5 Å². The first-order valence-electron chi connectivity index (χ1n) is 7.75. The van der Waals surface area contributed by atoms with Gasteiger partial charge >= 0.3 is 0 Å². The maximum atomic E-state index is 10.5. The standard InChI is InChI=1S/C17H15Cl2N3O3/c1-22(8-15-20-17(21-25-15)14-3-2-4-24-14)16-11-5-9(18)6-12(19)10(11)7-13(16)23/h2-6,13,16,23H,7-8H2,1H3/t13-,16+/m1/s1. The lowest BCUT2D eigenvalue weighted by atomic mass is 10.1. The van der Waals surface area contributed by atoms with Gasteiger partial charge in [-0.05, 0) is 42.4 Å². The summed E-state index contributed by atoms with van der Waals surface area (Å²) in [6.45, 7) is 0.374. The molecule has 0 unspecified atom stereocenters. The zero-order valence-electron chi connectivity index (χ0n) is 13.3. The molecule has 0 bridgehead atoms. The van der Waals surface area contributed by atoms with E-state index in [1.807, 2.05) is 18.0 Å². The van der Waals surface area contributed by atoms with Gasteiger partial charge in [-0.1, -0.05) is 28.4 Å². The van der Waals surface area contributed by atoms with Crippen LogP contribution in [0.2, 0.25) is 10.0 Å². The fourth-order valence-corrected chi connectivity index (χ4v) is 3.88. The number of furan rings is 1. The van der Waals surface area contributed by atoms with E-state index < -0.39 is 6.10 Å². The predicted octanol–water partition coefficient (Wildman–Crippen LogP) is 3.73. The molecule has 8 heteroatoms. The van der Waals surface area contributed by atoms with E-state index in [-0.39, 0.29) is 6.04 Å². The molecule has 0 spiro atoms. The summed E-state index contributed by atoms with van der Waals surface area (Å²) < 4.78 is 10.6. The van der Waals surface area contributed by atoms with E-state index in [2.05, 4.69) is 10.1 Å². The van der Waals surface area contributed by atoms with Crippen LogP contribution < -0.4 is 0 Å². The summed E-state index contributed by atoms with van der Waals surface area (Å²) in [6.07, 6.45) is 1.46. The molecule has 1 aliphatic carbocycles. The number of halogens is 2. The highest BCUT2D eigenvalue weighted by Gasteiger charge is 2.36. The molecule has 4 rings (SSSR count). The molecule has 1 aliphatic rings.